The zero-order chi connectivity index (χ0) is 15.0. The number of nitrogens with zero attached hydrogens (tertiary/aromatic N) is 3. The van der Waals surface area contributed by atoms with Gasteiger partial charge in [0, 0.05) is 12.6 Å². The summed E-state index contributed by atoms with van der Waals surface area (Å²) in [6.07, 6.45) is -0.762. The molecule has 1 unspecified atom stereocenters. The number of aliphatic hydroxyl groups is 1. The van der Waals surface area contributed by atoms with Crippen LogP contribution >= 0.6 is 0 Å². The number of hydrogen-bond acceptors (Lipinski definition) is 6. The van der Waals surface area contributed by atoms with Gasteiger partial charge >= 0.3 is 0 Å². The maximum absolute atomic E-state index is 10.6. The molecular formula is C13H17N3O4. The molecule has 1 atom stereocenters. The maximum Gasteiger partial charge on any atom is 0.273 e. The predicted molar refractivity (Wildman–Crippen MR) is 72.3 cm³/mol. The van der Waals surface area contributed by atoms with E-state index in [1.54, 1.807) is 11.0 Å². The van der Waals surface area contributed by atoms with Crippen molar-refractivity contribution in [2.75, 3.05) is 26.2 Å². The molecule has 1 aromatic carbocycles. The summed E-state index contributed by atoms with van der Waals surface area (Å²) in [5.74, 6) is 0.335. The number of likely N-dealkylation sites (N-methyl/N-ethyl adjacent to an activating group) is 1. The molecule has 0 saturated carbocycles. The Labute approximate surface area is 117 Å². The molecule has 0 aliphatic rings. The first kappa shape index (κ1) is 15.9. The number of non-ortho nitro benzene ring substituents is 1. The number of aliphatic hydroxyl groups excluding tert-OH is 1. The molecular weight excluding hydrogens is 262 g/mol. The van der Waals surface area contributed by atoms with Crippen LogP contribution in [0.3, 0.4) is 0 Å². The molecule has 0 heterocycles. The molecule has 7 heteroatoms. The molecule has 0 radical (unpaired) electrons. The third kappa shape index (κ3) is 5.22. The van der Waals surface area contributed by atoms with E-state index in [4.69, 9.17) is 10.00 Å². The Kier molecular flexibility index (Phi) is 6.43. The van der Waals surface area contributed by atoms with Gasteiger partial charge in [-0.15, -0.1) is 0 Å². The quantitative estimate of drug-likeness (QED) is 0.436. The number of hydrogen-bond donors (Lipinski definition) is 1. The molecule has 1 aromatic rings. The van der Waals surface area contributed by atoms with Crippen molar-refractivity contribution in [2.45, 2.75) is 13.0 Å². The second-order valence-electron chi connectivity index (χ2n) is 4.21. The van der Waals surface area contributed by atoms with Crippen LogP contribution in [0.25, 0.3) is 0 Å². The highest BCUT2D eigenvalue weighted by atomic mass is 16.6. The van der Waals surface area contributed by atoms with Crippen LogP contribution in [-0.4, -0.2) is 47.3 Å². The molecule has 1 rings (SSSR count). The standard InChI is InChI=1S/C13H17N3O4/c1-2-15(7-6-14)9-12(17)10-20-13-5-3-4-11(8-13)16(18)19/h3-5,8,12,17H,2,7,9-10H2,1H3. The number of nitriles is 1. The van der Waals surface area contributed by atoms with Crippen LogP contribution in [0.1, 0.15) is 6.92 Å². The average molecular weight is 279 g/mol. The summed E-state index contributed by atoms with van der Waals surface area (Å²) in [4.78, 5) is 11.9. The van der Waals surface area contributed by atoms with Gasteiger partial charge in [-0.05, 0) is 12.6 Å². The van der Waals surface area contributed by atoms with Crippen molar-refractivity contribution in [1.82, 2.24) is 4.90 Å². The first-order valence-corrected chi connectivity index (χ1v) is 6.21. The number of ether oxygens (including phenoxy) is 1. The molecule has 7 nitrogen and oxygen atoms in total. The van der Waals surface area contributed by atoms with Crippen LogP contribution in [0.2, 0.25) is 0 Å². The SMILES string of the molecule is CCN(CC#N)CC(O)COc1cccc([N+](=O)[O-])c1. The maximum atomic E-state index is 10.6. The lowest BCUT2D eigenvalue weighted by Crippen LogP contribution is -2.35. The molecule has 0 saturated heterocycles. The Morgan fingerprint density at radius 3 is 2.95 bits per heavy atom. The van der Waals surface area contributed by atoms with Gasteiger partial charge in [-0.25, -0.2) is 0 Å². The van der Waals surface area contributed by atoms with Crippen LogP contribution in [0, 0.1) is 21.4 Å². The zero-order valence-electron chi connectivity index (χ0n) is 11.2. The van der Waals surface area contributed by atoms with Crippen molar-refractivity contribution >= 4 is 5.69 Å². The molecule has 0 aliphatic carbocycles. The molecule has 108 valence electrons. The van der Waals surface area contributed by atoms with Gasteiger partial charge in [-0.1, -0.05) is 13.0 Å². The smallest absolute Gasteiger partial charge is 0.273 e. The summed E-state index contributed by atoms with van der Waals surface area (Å²) in [7, 11) is 0. The molecule has 1 N–H and O–H groups in total. The number of rotatable bonds is 8. The first-order chi connectivity index (χ1) is 9.56. The van der Waals surface area contributed by atoms with Crippen LogP contribution in [0.5, 0.6) is 5.75 Å². The largest absolute Gasteiger partial charge is 0.491 e. The summed E-state index contributed by atoms with van der Waals surface area (Å²) in [5.41, 5.74) is -0.0587. The van der Waals surface area contributed by atoms with Crippen molar-refractivity contribution in [3.63, 3.8) is 0 Å². The second-order valence-corrected chi connectivity index (χ2v) is 4.21. The molecule has 0 amide bonds. The molecule has 0 aromatic heterocycles. The molecule has 0 bridgehead atoms. The van der Waals surface area contributed by atoms with Gasteiger partial charge in [0.15, 0.2) is 0 Å². The fourth-order valence-corrected chi connectivity index (χ4v) is 1.64. The summed E-state index contributed by atoms with van der Waals surface area (Å²) in [5, 5.41) is 29.0. The second kappa shape index (κ2) is 8.09. The number of nitro groups is 1. The van der Waals surface area contributed by atoms with Crippen molar-refractivity contribution in [3.8, 4) is 11.8 Å². The molecule has 20 heavy (non-hydrogen) atoms. The number of benzene rings is 1. The number of nitro benzene ring substituents is 1. The van der Waals surface area contributed by atoms with Gasteiger partial charge in [-0.3, -0.25) is 15.0 Å². The lowest BCUT2D eigenvalue weighted by atomic mass is 10.3. The van der Waals surface area contributed by atoms with Crippen molar-refractivity contribution < 1.29 is 14.8 Å². The predicted octanol–water partition coefficient (Wildman–Crippen LogP) is 1.18. The summed E-state index contributed by atoms with van der Waals surface area (Å²) in [6.45, 7) is 3.12. The van der Waals surface area contributed by atoms with E-state index in [1.807, 2.05) is 13.0 Å². The fourth-order valence-electron chi connectivity index (χ4n) is 1.64. The van der Waals surface area contributed by atoms with Gasteiger partial charge in [0.05, 0.1) is 23.6 Å². The summed E-state index contributed by atoms with van der Waals surface area (Å²) >= 11 is 0. The Balaban J connectivity index is 2.48. The normalized spacial score (nSPS) is 11.9. The van der Waals surface area contributed by atoms with Crippen molar-refractivity contribution in [3.05, 3.63) is 34.4 Å². The van der Waals surface area contributed by atoms with E-state index in [1.165, 1.54) is 18.2 Å². The Morgan fingerprint density at radius 1 is 1.60 bits per heavy atom. The lowest BCUT2D eigenvalue weighted by molar-refractivity contribution is -0.384. The highest BCUT2D eigenvalue weighted by molar-refractivity contribution is 5.37. The van der Waals surface area contributed by atoms with E-state index in [0.717, 1.165) is 0 Å². The van der Waals surface area contributed by atoms with Gasteiger partial charge in [0.1, 0.15) is 18.5 Å². The van der Waals surface area contributed by atoms with E-state index in [2.05, 4.69) is 0 Å². The van der Waals surface area contributed by atoms with E-state index in [0.29, 0.717) is 18.8 Å². The van der Waals surface area contributed by atoms with Crippen molar-refractivity contribution in [1.29, 1.82) is 5.26 Å². The monoisotopic (exact) mass is 279 g/mol. The van der Waals surface area contributed by atoms with Crippen LogP contribution in [-0.2, 0) is 0 Å². The van der Waals surface area contributed by atoms with Gasteiger partial charge in [0.2, 0.25) is 0 Å². The van der Waals surface area contributed by atoms with E-state index in [9.17, 15) is 15.2 Å². The van der Waals surface area contributed by atoms with Crippen LogP contribution < -0.4 is 4.74 Å². The Morgan fingerprint density at radius 2 is 2.35 bits per heavy atom. The molecule has 0 aliphatic heterocycles. The highest BCUT2D eigenvalue weighted by Crippen LogP contribution is 2.19. The summed E-state index contributed by atoms with van der Waals surface area (Å²) < 4.78 is 5.32. The Hall–Kier alpha value is -2.17. The van der Waals surface area contributed by atoms with Crippen molar-refractivity contribution in [2.24, 2.45) is 0 Å². The fraction of sp³-hybridized carbons (Fsp3) is 0.462. The first-order valence-electron chi connectivity index (χ1n) is 6.21. The third-order valence-corrected chi connectivity index (χ3v) is 2.68. The van der Waals surface area contributed by atoms with Gasteiger partial charge < -0.3 is 9.84 Å². The third-order valence-electron chi connectivity index (χ3n) is 2.68. The average Bonchev–Trinajstić information content (AvgIpc) is 2.45. The molecule has 0 spiro atoms. The van der Waals surface area contributed by atoms with Gasteiger partial charge in [0.25, 0.3) is 5.69 Å². The Bertz CT molecular complexity index is 487. The minimum Gasteiger partial charge on any atom is -0.491 e. The van der Waals surface area contributed by atoms with Crippen LogP contribution in [0.4, 0.5) is 5.69 Å². The summed E-state index contributed by atoms with van der Waals surface area (Å²) in [6, 6.07) is 7.80. The minimum atomic E-state index is -0.762. The van der Waals surface area contributed by atoms with Gasteiger partial charge in [-0.2, -0.15) is 5.26 Å². The van der Waals surface area contributed by atoms with E-state index < -0.39 is 11.0 Å². The minimum absolute atomic E-state index is 0.0170. The van der Waals surface area contributed by atoms with E-state index in [-0.39, 0.29) is 18.8 Å². The zero-order valence-corrected chi connectivity index (χ0v) is 11.2. The molecule has 0 fully saturated rings. The highest BCUT2D eigenvalue weighted by Gasteiger charge is 2.12. The topological polar surface area (TPSA) is 99.6 Å². The van der Waals surface area contributed by atoms with Crippen LogP contribution in [0.15, 0.2) is 24.3 Å². The van der Waals surface area contributed by atoms with E-state index >= 15 is 0 Å². The lowest BCUT2D eigenvalue weighted by Gasteiger charge is -2.20.